The van der Waals surface area contributed by atoms with Gasteiger partial charge in [-0.1, -0.05) is 11.6 Å². The zero-order valence-corrected chi connectivity index (χ0v) is 13.8. The molecule has 0 unspecified atom stereocenters. The smallest absolute Gasteiger partial charge is 0.227 e. The van der Waals surface area contributed by atoms with E-state index in [2.05, 4.69) is 15.1 Å². The number of nitrogen functional groups attached to an aromatic ring is 1. The second-order valence-corrected chi connectivity index (χ2v) is 5.63. The normalized spacial score (nSPS) is 11.2. The molecule has 0 spiro atoms. The minimum absolute atomic E-state index is 0.0297. The zero-order chi connectivity index (χ0) is 16.7. The summed E-state index contributed by atoms with van der Waals surface area (Å²) >= 11 is 5.91. The highest BCUT2D eigenvalue weighted by Gasteiger charge is 2.19. The van der Waals surface area contributed by atoms with Crippen LogP contribution in [0.1, 0.15) is 6.92 Å². The molecular weight excluding hydrogens is 319 g/mol. The highest BCUT2D eigenvalue weighted by atomic mass is 35.5. The first-order valence-corrected chi connectivity index (χ1v) is 7.47. The van der Waals surface area contributed by atoms with Crippen LogP contribution in [0, 0.1) is 5.82 Å². The maximum atomic E-state index is 13.5. The topological polar surface area (TPSA) is 72.9 Å². The lowest BCUT2D eigenvalue weighted by Gasteiger charge is -2.15. The molecule has 0 aliphatic heterocycles. The minimum atomic E-state index is -0.481. The van der Waals surface area contributed by atoms with Crippen molar-refractivity contribution in [3.8, 4) is 11.3 Å². The van der Waals surface area contributed by atoms with Crippen LogP contribution >= 0.6 is 11.6 Å². The Kier molecular flexibility index (Phi) is 3.81. The molecule has 0 bridgehead atoms. The first-order valence-electron chi connectivity index (χ1n) is 7.09. The molecule has 23 heavy (non-hydrogen) atoms. The summed E-state index contributed by atoms with van der Waals surface area (Å²) in [6, 6.07) is 4.45. The summed E-state index contributed by atoms with van der Waals surface area (Å²) in [5.74, 6) is 0.487. The Morgan fingerprint density at radius 1 is 1.35 bits per heavy atom. The third-order valence-electron chi connectivity index (χ3n) is 3.74. The number of halogens is 2. The predicted molar refractivity (Wildman–Crippen MR) is 90.1 cm³/mol. The summed E-state index contributed by atoms with van der Waals surface area (Å²) < 4.78 is 15.0. The van der Waals surface area contributed by atoms with Crippen LogP contribution in [0.3, 0.4) is 0 Å². The zero-order valence-electron chi connectivity index (χ0n) is 13.0. The molecule has 0 amide bonds. The average Bonchev–Trinajstić information content (AvgIpc) is 2.83. The van der Waals surface area contributed by atoms with Crippen molar-refractivity contribution < 1.29 is 4.39 Å². The van der Waals surface area contributed by atoms with Gasteiger partial charge in [-0.05, 0) is 25.1 Å². The van der Waals surface area contributed by atoms with Crippen LogP contribution in [-0.4, -0.2) is 33.3 Å². The number of anilines is 2. The van der Waals surface area contributed by atoms with Crippen molar-refractivity contribution in [2.45, 2.75) is 6.92 Å². The third kappa shape index (κ3) is 2.57. The third-order valence-corrected chi connectivity index (χ3v) is 4.03. The van der Waals surface area contributed by atoms with Gasteiger partial charge in [-0.15, -0.1) is 0 Å². The monoisotopic (exact) mass is 334 g/mol. The van der Waals surface area contributed by atoms with Crippen LogP contribution in [0.5, 0.6) is 0 Å². The molecule has 120 valence electrons. The van der Waals surface area contributed by atoms with E-state index in [1.807, 2.05) is 18.9 Å². The molecule has 8 heteroatoms. The Balaban J connectivity index is 2.33. The first kappa shape index (κ1) is 15.5. The molecule has 2 heterocycles. The fourth-order valence-electron chi connectivity index (χ4n) is 2.27. The fraction of sp³-hybridized carbons (Fsp3) is 0.267. The Hall–Kier alpha value is -2.41. The Morgan fingerprint density at radius 2 is 2.09 bits per heavy atom. The molecule has 0 fully saturated rings. The second kappa shape index (κ2) is 5.66. The van der Waals surface area contributed by atoms with Gasteiger partial charge in [0.25, 0.3) is 0 Å². The summed E-state index contributed by atoms with van der Waals surface area (Å²) in [5.41, 5.74) is 7.84. The number of hydrogen-bond donors (Lipinski definition) is 1. The average molecular weight is 335 g/mol. The van der Waals surface area contributed by atoms with Gasteiger partial charge >= 0.3 is 0 Å². The molecule has 0 radical (unpaired) electrons. The van der Waals surface area contributed by atoms with Gasteiger partial charge in [0.15, 0.2) is 5.65 Å². The summed E-state index contributed by atoms with van der Waals surface area (Å²) in [6.07, 6.45) is 0. The van der Waals surface area contributed by atoms with Crippen LogP contribution in [0.2, 0.25) is 5.02 Å². The van der Waals surface area contributed by atoms with Crippen molar-refractivity contribution in [1.82, 2.24) is 19.7 Å². The van der Waals surface area contributed by atoms with E-state index in [4.69, 9.17) is 17.3 Å². The van der Waals surface area contributed by atoms with E-state index < -0.39 is 5.82 Å². The lowest BCUT2D eigenvalue weighted by molar-refractivity contribution is 0.628. The number of hydrogen-bond acceptors (Lipinski definition) is 5. The summed E-state index contributed by atoms with van der Waals surface area (Å²) in [4.78, 5) is 10.9. The van der Waals surface area contributed by atoms with Gasteiger partial charge in [0, 0.05) is 26.2 Å². The van der Waals surface area contributed by atoms with Gasteiger partial charge in [0.05, 0.1) is 16.1 Å². The molecule has 2 aromatic heterocycles. The quantitative estimate of drug-likeness (QED) is 0.797. The molecule has 1 aromatic carbocycles. The number of aryl methyl sites for hydroxylation is 1. The molecule has 3 aromatic rings. The van der Waals surface area contributed by atoms with E-state index in [9.17, 15) is 4.39 Å². The summed E-state index contributed by atoms with van der Waals surface area (Å²) in [7, 11) is 3.62. The first-order chi connectivity index (χ1) is 10.9. The number of rotatable bonds is 3. The van der Waals surface area contributed by atoms with Gasteiger partial charge in [-0.25, -0.2) is 9.37 Å². The Morgan fingerprint density at radius 3 is 2.74 bits per heavy atom. The number of benzene rings is 1. The fourth-order valence-corrected chi connectivity index (χ4v) is 2.45. The molecule has 0 aliphatic carbocycles. The van der Waals surface area contributed by atoms with E-state index in [1.165, 1.54) is 12.1 Å². The maximum absolute atomic E-state index is 13.5. The lowest BCUT2D eigenvalue weighted by Crippen LogP contribution is -2.19. The lowest BCUT2D eigenvalue weighted by atomic mass is 10.1. The van der Waals surface area contributed by atoms with Crippen LogP contribution in [0.25, 0.3) is 22.3 Å². The summed E-state index contributed by atoms with van der Waals surface area (Å²) in [5, 5.41) is 4.98. The SMILES string of the molecule is CCN(C)c1nc(-c2ccc(F)c(Cl)c2)c2c(N)n(C)nc2n1. The second-order valence-electron chi connectivity index (χ2n) is 5.22. The molecule has 0 saturated heterocycles. The van der Waals surface area contributed by atoms with E-state index >= 15 is 0 Å². The van der Waals surface area contributed by atoms with Crippen LogP contribution in [0.15, 0.2) is 18.2 Å². The highest BCUT2D eigenvalue weighted by Crippen LogP contribution is 2.33. The molecule has 6 nitrogen and oxygen atoms in total. The van der Waals surface area contributed by atoms with E-state index in [-0.39, 0.29) is 5.02 Å². The maximum Gasteiger partial charge on any atom is 0.227 e. The van der Waals surface area contributed by atoms with E-state index in [0.29, 0.717) is 34.1 Å². The van der Waals surface area contributed by atoms with Crippen molar-refractivity contribution >= 4 is 34.4 Å². The Bertz CT molecular complexity index is 891. The van der Waals surface area contributed by atoms with Crippen molar-refractivity contribution in [3.63, 3.8) is 0 Å². The Labute approximate surface area is 137 Å². The number of nitrogens with two attached hydrogens (primary N) is 1. The molecular formula is C15H16ClFN6. The standard InChI is InChI=1S/C15H16ClFN6/c1-4-22(2)15-19-12(8-5-6-10(17)9(16)7-8)11-13(18)23(3)21-14(11)20-15/h5-7H,4,18H2,1-3H3. The molecule has 0 saturated carbocycles. The van der Waals surface area contributed by atoms with Gasteiger partial charge in [-0.2, -0.15) is 10.1 Å². The van der Waals surface area contributed by atoms with Crippen molar-refractivity contribution in [1.29, 1.82) is 0 Å². The molecule has 2 N–H and O–H groups in total. The van der Waals surface area contributed by atoms with Gasteiger partial charge in [-0.3, -0.25) is 4.68 Å². The highest BCUT2D eigenvalue weighted by molar-refractivity contribution is 6.31. The van der Waals surface area contributed by atoms with Gasteiger partial charge in [0.1, 0.15) is 11.6 Å². The van der Waals surface area contributed by atoms with Crippen molar-refractivity contribution in [2.75, 3.05) is 24.2 Å². The van der Waals surface area contributed by atoms with Crippen LogP contribution < -0.4 is 10.6 Å². The van der Waals surface area contributed by atoms with Crippen molar-refractivity contribution in [2.24, 2.45) is 7.05 Å². The van der Waals surface area contributed by atoms with Gasteiger partial charge < -0.3 is 10.6 Å². The minimum Gasteiger partial charge on any atom is -0.383 e. The van der Waals surface area contributed by atoms with Crippen molar-refractivity contribution in [3.05, 3.63) is 29.0 Å². The molecule has 0 atom stereocenters. The summed E-state index contributed by atoms with van der Waals surface area (Å²) in [6.45, 7) is 2.73. The number of nitrogens with zero attached hydrogens (tertiary/aromatic N) is 5. The van der Waals surface area contributed by atoms with Gasteiger partial charge in [0.2, 0.25) is 5.95 Å². The van der Waals surface area contributed by atoms with E-state index in [1.54, 1.807) is 17.8 Å². The van der Waals surface area contributed by atoms with Crippen LogP contribution in [0.4, 0.5) is 16.2 Å². The molecule has 3 rings (SSSR count). The molecule has 0 aliphatic rings. The number of fused-ring (bicyclic) bond motifs is 1. The van der Waals surface area contributed by atoms with E-state index in [0.717, 1.165) is 6.54 Å². The predicted octanol–water partition coefficient (Wildman–Crippen LogP) is 2.86. The van der Waals surface area contributed by atoms with Crippen LogP contribution in [-0.2, 0) is 7.05 Å². The largest absolute Gasteiger partial charge is 0.383 e. The number of aromatic nitrogens is 4.